The summed E-state index contributed by atoms with van der Waals surface area (Å²) < 4.78 is 11.0. The second kappa shape index (κ2) is 8.02. The van der Waals surface area contributed by atoms with Gasteiger partial charge in [-0.05, 0) is 31.4 Å². The van der Waals surface area contributed by atoms with Crippen LogP contribution in [0.4, 0.5) is 5.69 Å². The summed E-state index contributed by atoms with van der Waals surface area (Å²) in [6.45, 7) is 6.82. The van der Waals surface area contributed by atoms with E-state index < -0.39 is 6.10 Å². The number of anilines is 1. The normalized spacial score (nSPS) is 14.4. The van der Waals surface area contributed by atoms with Gasteiger partial charge in [-0.25, -0.2) is 0 Å². The van der Waals surface area contributed by atoms with E-state index >= 15 is 0 Å². The van der Waals surface area contributed by atoms with Crippen molar-refractivity contribution in [3.63, 3.8) is 0 Å². The number of hydrogen-bond acceptors (Lipinski definition) is 4. The molecule has 0 spiro atoms. The third-order valence-corrected chi connectivity index (χ3v) is 2.68. The van der Waals surface area contributed by atoms with Crippen molar-refractivity contribution in [3.8, 4) is 5.75 Å². The molecule has 0 radical (unpaired) electrons. The Balaban J connectivity index is 2.22. The summed E-state index contributed by atoms with van der Waals surface area (Å²) in [5, 5.41) is 9.78. The summed E-state index contributed by atoms with van der Waals surface area (Å²) in [5.41, 5.74) is 6.29. The van der Waals surface area contributed by atoms with E-state index in [-0.39, 0.29) is 19.3 Å². The zero-order chi connectivity index (χ0) is 14.3. The van der Waals surface area contributed by atoms with Crippen LogP contribution in [0.1, 0.15) is 27.2 Å². The molecule has 3 N–H and O–H groups in total. The van der Waals surface area contributed by atoms with Crippen molar-refractivity contribution < 1.29 is 14.6 Å². The van der Waals surface area contributed by atoms with Crippen molar-refractivity contribution in [2.24, 2.45) is 5.92 Å². The molecule has 19 heavy (non-hydrogen) atoms. The Morgan fingerprint density at radius 2 is 1.95 bits per heavy atom. The summed E-state index contributed by atoms with van der Waals surface area (Å²) in [5.74, 6) is 1.25. The lowest BCUT2D eigenvalue weighted by Crippen LogP contribution is -2.26. The van der Waals surface area contributed by atoms with Crippen LogP contribution in [0, 0.1) is 5.92 Å². The van der Waals surface area contributed by atoms with Crippen LogP contribution in [0.2, 0.25) is 0 Å². The minimum absolute atomic E-state index is 0.155. The van der Waals surface area contributed by atoms with E-state index in [9.17, 15) is 5.11 Å². The lowest BCUT2D eigenvalue weighted by Gasteiger charge is -2.18. The third kappa shape index (κ3) is 7.03. The van der Waals surface area contributed by atoms with Crippen LogP contribution in [-0.2, 0) is 4.74 Å². The van der Waals surface area contributed by atoms with E-state index in [0.29, 0.717) is 17.4 Å². The van der Waals surface area contributed by atoms with E-state index in [4.69, 9.17) is 15.2 Å². The smallest absolute Gasteiger partial charge is 0.121 e. The van der Waals surface area contributed by atoms with Crippen molar-refractivity contribution in [3.05, 3.63) is 24.3 Å². The Morgan fingerprint density at radius 3 is 2.58 bits per heavy atom. The lowest BCUT2D eigenvalue weighted by atomic mass is 10.1. The molecule has 1 aromatic carbocycles. The van der Waals surface area contributed by atoms with E-state index in [2.05, 4.69) is 13.8 Å². The minimum Gasteiger partial charge on any atom is -0.491 e. The van der Waals surface area contributed by atoms with Crippen molar-refractivity contribution in [1.82, 2.24) is 0 Å². The Morgan fingerprint density at radius 1 is 1.21 bits per heavy atom. The molecule has 4 heteroatoms. The average Bonchev–Trinajstić information content (AvgIpc) is 2.33. The maximum Gasteiger partial charge on any atom is 0.121 e. The third-order valence-electron chi connectivity index (χ3n) is 2.68. The van der Waals surface area contributed by atoms with Crippen molar-refractivity contribution >= 4 is 5.69 Å². The summed E-state index contributed by atoms with van der Waals surface area (Å²) in [6.07, 6.45) is 0.515. The number of nitrogen functional groups attached to an aromatic ring is 1. The average molecular weight is 267 g/mol. The first kappa shape index (κ1) is 15.8. The van der Waals surface area contributed by atoms with Crippen LogP contribution in [0.5, 0.6) is 5.75 Å². The Labute approximate surface area is 115 Å². The van der Waals surface area contributed by atoms with Gasteiger partial charge in [0, 0.05) is 11.8 Å². The van der Waals surface area contributed by atoms with Gasteiger partial charge in [-0.3, -0.25) is 0 Å². The SMILES string of the molecule is CC(C)CC(C)OCC(O)COc1cccc(N)c1. The number of hydrogen-bond donors (Lipinski definition) is 2. The second-order valence-electron chi connectivity index (χ2n) is 5.31. The fraction of sp³-hybridized carbons (Fsp3) is 0.600. The number of aliphatic hydroxyl groups is 1. The van der Waals surface area contributed by atoms with Crippen molar-refractivity contribution in [1.29, 1.82) is 0 Å². The van der Waals surface area contributed by atoms with Gasteiger partial charge in [-0.1, -0.05) is 19.9 Å². The summed E-state index contributed by atoms with van der Waals surface area (Å²) >= 11 is 0. The number of aliphatic hydroxyl groups excluding tert-OH is 1. The van der Waals surface area contributed by atoms with E-state index in [1.807, 2.05) is 19.1 Å². The Kier molecular flexibility index (Phi) is 6.67. The van der Waals surface area contributed by atoms with Crippen molar-refractivity contribution in [2.75, 3.05) is 18.9 Å². The fourth-order valence-electron chi connectivity index (χ4n) is 1.85. The largest absolute Gasteiger partial charge is 0.491 e. The van der Waals surface area contributed by atoms with Gasteiger partial charge in [-0.2, -0.15) is 0 Å². The Hall–Kier alpha value is -1.26. The number of ether oxygens (including phenoxy) is 2. The van der Waals surface area contributed by atoms with Crippen LogP contribution >= 0.6 is 0 Å². The van der Waals surface area contributed by atoms with Gasteiger partial charge in [0.05, 0.1) is 12.7 Å². The minimum atomic E-state index is -0.629. The molecule has 0 aliphatic carbocycles. The number of benzene rings is 1. The van der Waals surface area contributed by atoms with Gasteiger partial charge in [0.2, 0.25) is 0 Å². The first-order chi connectivity index (χ1) is 8.97. The molecule has 1 rings (SSSR count). The zero-order valence-corrected chi connectivity index (χ0v) is 12.0. The molecule has 1 aromatic rings. The summed E-state index contributed by atoms with van der Waals surface area (Å²) in [4.78, 5) is 0. The highest BCUT2D eigenvalue weighted by molar-refractivity contribution is 5.43. The monoisotopic (exact) mass is 267 g/mol. The molecule has 0 heterocycles. The Bertz CT molecular complexity index is 368. The first-order valence-corrected chi connectivity index (χ1v) is 6.75. The van der Waals surface area contributed by atoms with Crippen LogP contribution in [0.3, 0.4) is 0 Å². The first-order valence-electron chi connectivity index (χ1n) is 6.75. The van der Waals surface area contributed by atoms with Gasteiger partial charge in [0.1, 0.15) is 18.5 Å². The predicted molar refractivity (Wildman–Crippen MR) is 77.2 cm³/mol. The molecule has 0 aliphatic rings. The molecule has 2 atom stereocenters. The molecule has 0 saturated carbocycles. The van der Waals surface area contributed by atoms with Gasteiger partial charge in [0.25, 0.3) is 0 Å². The second-order valence-corrected chi connectivity index (χ2v) is 5.31. The number of rotatable bonds is 8. The molecule has 0 fully saturated rings. The molecule has 0 aliphatic heterocycles. The highest BCUT2D eigenvalue weighted by atomic mass is 16.5. The highest BCUT2D eigenvalue weighted by Gasteiger charge is 2.10. The molecular weight excluding hydrogens is 242 g/mol. The quantitative estimate of drug-likeness (QED) is 0.710. The van der Waals surface area contributed by atoms with E-state index in [0.717, 1.165) is 6.42 Å². The standard InChI is InChI=1S/C15H25NO3/c1-11(2)7-12(3)18-9-14(17)10-19-15-6-4-5-13(16)8-15/h4-6,8,11-12,14,17H,7,9-10,16H2,1-3H3. The molecule has 2 unspecified atom stereocenters. The van der Waals surface area contributed by atoms with E-state index in [1.165, 1.54) is 0 Å². The van der Waals surface area contributed by atoms with Crippen LogP contribution < -0.4 is 10.5 Å². The summed E-state index contributed by atoms with van der Waals surface area (Å²) in [7, 11) is 0. The van der Waals surface area contributed by atoms with Crippen LogP contribution in [0.25, 0.3) is 0 Å². The van der Waals surface area contributed by atoms with E-state index in [1.54, 1.807) is 12.1 Å². The van der Waals surface area contributed by atoms with Gasteiger partial charge in [0.15, 0.2) is 0 Å². The van der Waals surface area contributed by atoms with Crippen molar-refractivity contribution in [2.45, 2.75) is 39.4 Å². The topological polar surface area (TPSA) is 64.7 Å². The fourth-order valence-corrected chi connectivity index (χ4v) is 1.85. The number of nitrogens with two attached hydrogens (primary N) is 1. The van der Waals surface area contributed by atoms with Gasteiger partial charge >= 0.3 is 0 Å². The molecule has 0 aromatic heterocycles. The van der Waals surface area contributed by atoms with Gasteiger partial charge in [-0.15, -0.1) is 0 Å². The van der Waals surface area contributed by atoms with Crippen LogP contribution in [-0.4, -0.2) is 30.5 Å². The van der Waals surface area contributed by atoms with Gasteiger partial charge < -0.3 is 20.3 Å². The molecule has 108 valence electrons. The highest BCUT2D eigenvalue weighted by Crippen LogP contribution is 2.14. The molecule has 0 bridgehead atoms. The maximum atomic E-state index is 9.78. The molecular formula is C15H25NO3. The van der Waals surface area contributed by atoms with Crippen LogP contribution in [0.15, 0.2) is 24.3 Å². The predicted octanol–water partition coefficient (Wildman–Crippen LogP) is 2.46. The molecule has 0 saturated heterocycles. The molecule has 0 amide bonds. The maximum absolute atomic E-state index is 9.78. The zero-order valence-electron chi connectivity index (χ0n) is 12.0. The summed E-state index contributed by atoms with van der Waals surface area (Å²) in [6, 6.07) is 7.15. The lowest BCUT2D eigenvalue weighted by molar-refractivity contribution is -0.0242. The molecule has 4 nitrogen and oxygen atoms in total.